The molecule has 27 heavy (non-hydrogen) atoms. The van der Waals surface area contributed by atoms with Gasteiger partial charge in [-0.05, 0) is 56.6 Å². The van der Waals surface area contributed by atoms with Crippen LogP contribution in [0.2, 0.25) is 0 Å². The van der Waals surface area contributed by atoms with Gasteiger partial charge in [0.15, 0.2) is 0 Å². The topological polar surface area (TPSA) is 48.0 Å². The van der Waals surface area contributed by atoms with Gasteiger partial charge in [-0.25, -0.2) is 4.39 Å². The zero-order valence-corrected chi connectivity index (χ0v) is 16.1. The quantitative estimate of drug-likeness (QED) is 0.762. The van der Waals surface area contributed by atoms with Gasteiger partial charge in [-0.2, -0.15) is 0 Å². The Hall–Kier alpha value is -1.66. The lowest BCUT2D eigenvalue weighted by Crippen LogP contribution is -2.53. The molecule has 5 nitrogen and oxygen atoms in total. The minimum atomic E-state index is -0.549. The van der Waals surface area contributed by atoms with Crippen molar-refractivity contribution in [3.05, 3.63) is 29.6 Å². The Kier molecular flexibility index (Phi) is 5.12. The Morgan fingerprint density at radius 3 is 2.78 bits per heavy atom. The first kappa shape index (κ1) is 18.7. The van der Waals surface area contributed by atoms with Crippen LogP contribution in [0.5, 0.6) is 5.75 Å². The van der Waals surface area contributed by atoms with Crippen LogP contribution in [-0.4, -0.2) is 55.9 Å². The van der Waals surface area contributed by atoms with E-state index in [0.29, 0.717) is 12.5 Å². The third-order valence-electron chi connectivity index (χ3n) is 6.48. The Morgan fingerprint density at radius 2 is 2.07 bits per heavy atom. The summed E-state index contributed by atoms with van der Waals surface area (Å²) in [5.41, 5.74) is -0.346. The molecule has 4 rings (SSSR count). The Balaban J connectivity index is 1.56. The highest BCUT2D eigenvalue weighted by Crippen LogP contribution is 2.44. The molecular weight excluding hydrogens is 349 g/mol. The average Bonchev–Trinajstić information content (AvgIpc) is 3.44. The van der Waals surface area contributed by atoms with Gasteiger partial charge in [0.05, 0.1) is 24.9 Å². The standard InChI is InChI=1S/C21H28FNO4/c1-25-17-5-3-4-16(22)19(17)20(24)23-11-10-21(26-2)9-8-15(12-18(21)23)27-13-14-6-7-14/h3-5,14-15,18H,6-13H2,1-2H3/t15-,18+,21-/m1/s1. The second kappa shape index (κ2) is 7.40. The molecule has 3 atom stereocenters. The molecule has 1 amide bonds. The zero-order chi connectivity index (χ0) is 19.0. The maximum absolute atomic E-state index is 14.5. The molecule has 0 radical (unpaired) electrons. The van der Waals surface area contributed by atoms with Gasteiger partial charge in [0.1, 0.15) is 17.1 Å². The summed E-state index contributed by atoms with van der Waals surface area (Å²) in [5, 5.41) is 0. The van der Waals surface area contributed by atoms with E-state index in [0.717, 1.165) is 32.3 Å². The van der Waals surface area contributed by atoms with Crippen molar-refractivity contribution in [2.75, 3.05) is 27.4 Å². The monoisotopic (exact) mass is 377 g/mol. The largest absolute Gasteiger partial charge is 0.496 e. The highest BCUT2D eigenvalue weighted by Gasteiger charge is 2.53. The smallest absolute Gasteiger partial charge is 0.260 e. The first-order valence-electron chi connectivity index (χ1n) is 9.88. The fourth-order valence-corrected chi connectivity index (χ4v) is 4.64. The number of likely N-dealkylation sites (tertiary alicyclic amines) is 1. The number of ether oxygens (including phenoxy) is 3. The molecule has 2 aliphatic carbocycles. The summed E-state index contributed by atoms with van der Waals surface area (Å²) in [6.07, 6.45) is 5.97. The lowest BCUT2D eigenvalue weighted by molar-refractivity contribution is -0.0977. The van der Waals surface area contributed by atoms with Crippen LogP contribution in [0.1, 0.15) is 48.9 Å². The molecule has 148 valence electrons. The molecular formula is C21H28FNO4. The Bertz CT molecular complexity index is 707. The normalized spacial score (nSPS) is 30.3. The van der Waals surface area contributed by atoms with E-state index in [1.54, 1.807) is 24.1 Å². The first-order chi connectivity index (χ1) is 13.1. The van der Waals surface area contributed by atoms with Gasteiger partial charge in [-0.3, -0.25) is 4.79 Å². The summed E-state index contributed by atoms with van der Waals surface area (Å²) in [5.74, 6) is 0.110. The molecule has 3 aliphatic rings. The molecule has 1 aromatic rings. The van der Waals surface area contributed by atoms with Crippen LogP contribution in [-0.2, 0) is 9.47 Å². The zero-order valence-electron chi connectivity index (χ0n) is 16.1. The fourth-order valence-electron chi connectivity index (χ4n) is 4.64. The molecule has 6 heteroatoms. The van der Waals surface area contributed by atoms with Crippen molar-refractivity contribution in [3.63, 3.8) is 0 Å². The van der Waals surface area contributed by atoms with Crippen LogP contribution in [0.15, 0.2) is 18.2 Å². The third-order valence-corrected chi connectivity index (χ3v) is 6.48. The molecule has 1 saturated heterocycles. The fraction of sp³-hybridized carbons (Fsp3) is 0.667. The van der Waals surface area contributed by atoms with E-state index in [4.69, 9.17) is 14.2 Å². The van der Waals surface area contributed by atoms with E-state index in [9.17, 15) is 9.18 Å². The first-order valence-corrected chi connectivity index (χ1v) is 9.88. The van der Waals surface area contributed by atoms with Crippen LogP contribution in [0.25, 0.3) is 0 Å². The van der Waals surface area contributed by atoms with Crippen molar-refractivity contribution < 1.29 is 23.4 Å². The number of carbonyl (C=O) groups is 1. The van der Waals surface area contributed by atoms with Crippen molar-refractivity contribution in [3.8, 4) is 5.75 Å². The minimum absolute atomic E-state index is 0.00734. The van der Waals surface area contributed by atoms with Crippen LogP contribution in [0.3, 0.4) is 0 Å². The second-order valence-electron chi connectivity index (χ2n) is 8.02. The minimum Gasteiger partial charge on any atom is -0.496 e. The molecule has 0 aromatic heterocycles. The van der Waals surface area contributed by atoms with Gasteiger partial charge in [0.2, 0.25) is 0 Å². The average molecular weight is 377 g/mol. The summed E-state index contributed by atoms with van der Waals surface area (Å²) >= 11 is 0. The molecule has 0 bridgehead atoms. The number of hydrogen-bond acceptors (Lipinski definition) is 4. The van der Waals surface area contributed by atoms with E-state index >= 15 is 0 Å². The van der Waals surface area contributed by atoms with Crippen molar-refractivity contribution in [2.24, 2.45) is 5.92 Å². The van der Waals surface area contributed by atoms with Crippen LogP contribution in [0.4, 0.5) is 4.39 Å². The molecule has 2 saturated carbocycles. The van der Waals surface area contributed by atoms with Gasteiger partial charge in [-0.1, -0.05) is 6.07 Å². The number of rotatable bonds is 6. The summed E-state index contributed by atoms with van der Waals surface area (Å²) in [6, 6.07) is 4.38. The van der Waals surface area contributed by atoms with Gasteiger partial charge in [0, 0.05) is 20.3 Å². The number of methoxy groups -OCH3 is 2. The maximum atomic E-state index is 14.5. The number of amides is 1. The molecule has 3 fully saturated rings. The highest BCUT2D eigenvalue weighted by atomic mass is 19.1. The van der Waals surface area contributed by atoms with Crippen LogP contribution >= 0.6 is 0 Å². The molecule has 0 N–H and O–H groups in total. The van der Waals surface area contributed by atoms with Crippen molar-refractivity contribution in [2.45, 2.75) is 56.3 Å². The van der Waals surface area contributed by atoms with Crippen LogP contribution in [0, 0.1) is 11.7 Å². The van der Waals surface area contributed by atoms with Crippen molar-refractivity contribution >= 4 is 5.91 Å². The number of hydrogen-bond donors (Lipinski definition) is 0. The van der Waals surface area contributed by atoms with Gasteiger partial charge in [-0.15, -0.1) is 0 Å². The summed E-state index contributed by atoms with van der Waals surface area (Å²) < 4.78 is 31.7. The number of halogens is 1. The number of nitrogens with zero attached hydrogens (tertiary/aromatic N) is 1. The molecule has 1 aromatic carbocycles. The van der Waals surface area contributed by atoms with E-state index in [1.807, 2.05) is 0 Å². The summed E-state index contributed by atoms with van der Waals surface area (Å²) in [7, 11) is 3.17. The number of benzene rings is 1. The predicted octanol–water partition coefficient (Wildman–Crippen LogP) is 3.41. The van der Waals surface area contributed by atoms with E-state index in [1.165, 1.54) is 26.0 Å². The Labute approximate surface area is 159 Å². The number of fused-ring (bicyclic) bond motifs is 1. The van der Waals surface area contributed by atoms with Crippen LogP contribution < -0.4 is 4.74 Å². The maximum Gasteiger partial charge on any atom is 0.260 e. The highest BCUT2D eigenvalue weighted by molar-refractivity contribution is 5.97. The van der Waals surface area contributed by atoms with E-state index in [2.05, 4.69) is 0 Å². The van der Waals surface area contributed by atoms with Gasteiger partial charge < -0.3 is 19.1 Å². The third kappa shape index (κ3) is 3.45. The van der Waals surface area contributed by atoms with Gasteiger partial charge in [0.25, 0.3) is 5.91 Å². The van der Waals surface area contributed by atoms with E-state index in [-0.39, 0.29) is 35.0 Å². The predicted molar refractivity (Wildman–Crippen MR) is 98.4 cm³/mol. The molecule has 0 spiro atoms. The lowest BCUT2D eigenvalue weighted by Gasteiger charge is -2.43. The van der Waals surface area contributed by atoms with Crippen molar-refractivity contribution in [1.29, 1.82) is 0 Å². The van der Waals surface area contributed by atoms with Gasteiger partial charge >= 0.3 is 0 Å². The number of carbonyl (C=O) groups excluding carboxylic acids is 1. The van der Waals surface area contributed by atoms with Crippen molar-refractivity contribution in [1.82, 2.24) is 4.90 Å². The molecule has 1 heterocycles. The SMILES string of the molecule is COc1cccc(F)c1C(=O)N1CC[C@]2(OC)CC[C@@H](OCC3CC3)C[C@H]12. The second-order valence-corrected chi connectivity index (χ2v) is 8.02. The molecule has 0 unspecified atom stereocenters. The molecule has 1 aliphatic heterocycles. The summed E-state index contributed by atoms with van der Waals surface area (Å²) in [4.78, 5) is 15.0. The Morgan fingerprint density at radius 1 is 1.26 bits per heavy atom. The van der Waals surface area contributed by atoms with E-state index < -0.39 is 5.82 Å². The summed E-state index contributed by atoms with van der Waals surface area (Å²) in [6.45, 7) is 1.37. The lowest BCUT2D eigenvalue weighted by atomic mass is 9.79.